The lowest BCUT2D eigenvalue weighted by atomic mass is 10.1. The fourth-order valence-electron chi connectivity index (χ4n) is 3.92. The van der Waals surface area contributed by atoms with Gasteiger partial charge in [-0.2, -0.15) is 0 Å². The van der Waals surface area contributed by atoms with E-state index in [-0.39, 0.29) is 23.0 Å². The number of esters is 1. The quantitative estimate of drug-likeness (QED) is 0.175. The van der Waals surface area contributed by atoms with E-state index in [1.54, 1.807) is 31.2 Å². The number of thioether (sulfide) groups is 1. The molecule has 1 aliphatic heterocycles. The Hall–Kier alpha value is -3.09. The molecule has 1 amide bonds. The maximum atomic E-state index is 13.0. The Labute approximate surface area is 265 Å². The average Bonchev–Trinajstić information content (AvgIpc) is 3.23. The van der Waals surface area contributed by atoms with Gasteiger partial charge >= 0.3 is 5.97 Å². The highest BCUT2D eigenvalue weighted by Crippen LogP contribution is 2.41. The lowest BCUT2D eigenvalue weighted by Gasteiger charge is -2.15. The van der Waals surface area contributed by atoms with Crippen molar-refractivity contribution >= 4 is 73.3 Å². The zero-order valence-electron chi connectivity index (χ0n) is 22.6. The van der Waals surface area contributed by atoms with Crippen LogP contribution in [0.25, 0.3) is 6.08 Å². The smallest absolute Gasteiger partial charge is 0.344 e. The molecule has 0 bridgehead atoms. The van der Waals surface area contributed by atoms with Gasteiger partial charge in [-0.1, -0.05) is 58.0 Å². The Kier molecular flexibility index (Phi) is 10.7. The van der Waals surface area contributed by atoms with Crippen LogP contribution in [0.2, 0.25) is 0 Å². The van der Waals surface area contributed by atoms with Crippen molar-refractivity contribution in [3.63, 3.8) is 0 Å². The lowest BCUT2D eigenvalue weighted by molar-refractivity contribution is -0.138. The summed E-state index contributed by atoms with van der Waals surface area (Å²) in [5.41, 5.74) is 2.74. The van der Waals surface area contributed by atoms with E-state index in [1.807, 2.05) is 56.3 Å². The van der Waals surface area contributed by atoms with Gasteiger partial charge in [0.1, 0.15) is 23.0 Å². The number of nitrogens with zero attached hydrogens (tertiary/aromatic N) is 1. The average molecular weight is 748 g/mol. The molecular weight excluding hydrogens is 721 g/mol. The van der Waals surface area contributed by atoms with Gasteiger partial charge in [0, 0.05) is 10.0 Å². The minimum absolute atomic E-state index is 0.0784. The summed E-state index contributed by atoms with van der Waals surface area (Å²) in [6.45, 7) is 6.26. The fraction of sp³-hybridized carbons (Fsp3) is 0.194. The summed E-state index contributed by atoms with van der Waals surface area (Å²) in [6, 6.07) is 18.6. The molecule has 1 heterocycles. The van der Waals surface area contributed by atoms with E-state index in [1.165, 1.54) is 0 Å². The summed E-state index contributed by atoms with van der Waals surface area (Å²) in [5.74, 6) is -0.410. The summed E-state index contributed by atoms with van der Waals surface area (Å²) in [7, 11) is 0. The molecule has 0 saturated carbocycles. The third-order valence-electron chi connectivity index (χ3n) is 5.87. The number of hydrogen-bond acceptors (Lipinski definition) is 7. The molecule has 0 saturated heterocycles. The second kappa shape index (κ2) is 14.2. The second-order valence-electron chi connectivity index (χ2n) is 8.77. The van der Waals surface area contributed by atoms with Crippen LogP contribution in [0.1, 0.15) is 40.9 Å². The van der Waals surface area contributed by atoms with Gasteiger partial charge in [-0.25, -0.2) is 9.79 Å². The van der Waals surface area contributed by atoms with E-state index in [0.717, 1.165) is 30.9 Å². The minimum atomic E-state index is -0.751. The maximum Gasteiger partial charge on any atom is 0.344 e. The number of hydrogen-bond donors (Lipinski definition) is 1. The van der Waals surface area contributed by atoms with Crippen LogP contribution in [0.4, 0.5) is 0 Å². The molecule has 0 unspecified atom stereocenters. The fourth-order valence-corrected chi connectivity index (χ4v) is 5.98. The molecule has 1 aliphatic rings. The first kappa shape index (κ1) is 30.9. The third-order valence-corrected chi connectivity index (χ3v) is 8.22. The van der Waals surface area contributed by atoms with Crippen molar-refractivity contribution in [3.05, 3.63) is 107 Å². The Morgan fingerprint density at radius 3 is 2.46 bits per heavy atom. The van der Waals surface area contributed by atoms with Gasteiger partial charge in [0.2, 0.25) is 0 Å². The molecule has 10 heteroatoms. The van der Waals surface area contributed by atoms with Gasteiger partial charge in [-0.15, -0.1) is 0 Å². The normalized spacial score (nSPS) is 15.0. The number of carbonyl (C=O) groups is 2. The highest BCUT2D eigenvalue weighted by atomic mass is 127. The van der Waals surface area contributed by atoms with Crippen molar-refractivity contribution in [2.45, 2.75) is 27.4 Å². The topological polar surface area (TPSA) is 94.4 Å². The zero-order valence-corrected chi connectivity index (χ0v) is 27.1. The zero-order chi connectivity index (χ0) is 29.5. The first-order chi connectivity index (χ1) is 19.7. The van der Waals surface area contributed by atoms with E-state index < -0.39 is 11.9 Å². The SMILES string of the molecule is CCOC(=O)C1=C(O)/C(=C/c2cc(I)c(OCc3ccc(Br)cc3)c(OCC)c2)SC1=NC(=O)c1ccccc1C. The monoisotopic (exact) mass is 747 g/mol. The van der Waals surface area contributed by atoms with E-state index >= 15 is 0 Å². The lowest BCUT2D eigenvalue weighted by Crippen LogP contribution is -2.14. The number of amides is 1. The molecule has 0 spiro atoms. The van der Waals surface area contributed by atoms with Crippen LogP contribution < -0.4 is 9.47 Å². The number of aliphatic hydroxyl groups is 1. The molecule has 3 aromatic rings. The standard InChI is InChI=1S/C31H27BrINO6S/c1-4-38-24-15-20(14-23(33)28(24)40-17-19-10-12-21(32)13-11-19)16-25-27(35)26(31(37)39-5-2)30(41-25)34-29(36)22-9-7-6-8-18(22)3/h6-16,35H,4-5,17H2,1-3H3/b25-16-,34-30?. The van der Waals surface area contributed by atoms with Crippen molar-refractivity contribution in [2.24, 2.45) is 4.99 Å². The van der Waals surface area contributed by atoms with Crippen molar-refractivity contribution in [2.75, 3.05) is 13.2 Å². The highest BCUT2D eigenvalue weighted by molar-refractivity contribution is 14.1. The Balaban J connectivity index is 1.68. The van der Waals surface area contributed by atoms with Crippen LogP contribution in [0, 0.1) is 10.5 Å². The summed E-state index contributed by atoms with van der Waals surface area (Å²) < 4.78 is 19.0. The summed E-state index contributed by atoms with van der Waals surface area (Å²) in [4.78, 5) is 30.3. The largest absolute Gasteiger partial charge is 0.506 e. The molecule has 4 rings (SSSR count). The van der Waals surface area contributed by atoms with Crippen LogP contribution in [-0.4, -0.2) is 35.2 Å². The number of aryl methyl sites for hydroxylation is 1. The number of carbonyl (C=O) groups excluding carboxylic acids is 2. The van der Waals surface area contributed by atoms with Gasteiger partial charge in [-0.05, 0) is 96.5 Å². The van der Waals surface area contributed by atoms with Gasteiger partial charge in [0.15, 0.2) is 11.5 Å². The first-order valence-electron chi connectivity index (χ1n) is 12.7. The number of aliphatic hydroxyl groups excluding tert-OH is 1. The molecule has 0 aromatic heterocycles. The summed E-state index contributed by atoms with van der Waals surface area (Å²) >= 11 is 6.65. The molecular formula is C31H27BrINO6S. The molecule has 7 nitrogen and oxygen atoms in total. The van der Waals surface area contributed by atoms with Gasteiger partial charge in [-0.3, -0.25) is 4.79 Å². The van der Waals surface area contributed by atoms with Crippen molar-refractivity contribution < 1.29 is 28.9 Å². The molecule has 212 valence electrons. The predicted octanol–water partition coefficient (Wildman–Crippen LogP) is 8.04. The molecule has 1 N–H and O–H groups in total. The Morgan fingerprint density at radius 1 is 1.05 bits per heavy atom. The predicted molar refractivity (Wildman–Crippen MR) is 174 cm³/mol. The van der Waals surface area contributed by atoms with E-state index in [9.17, 15) is 14.7 Å². The third kappa shape index (κ3) is 7.60. The van der Waals surface area contributed by atoms with E-state index in [4.69, 9.17) is 14.2 Å². The Morgan fingerprint density at radius 2 is 1.78 bits per heavy atom. The molecule has 41 heavy (non-hydrogen) atoms. The van der Waals surface area contributed by atoms with Gasteiger partial charge < -0.3 is 19.3 Å². The van der Waals surface area contributed by atoms with Crippen LogP contribution in [-0.2, 0) is 16.1 Å². The minimum Gasteiger partial charge on any atom is -0.506 e. The molecule has 0 fully saturated rings. The molecule has 3 aromatic carbocycles. The number of aliphatic imine (C=N–C) groups is 1. The molecule has 0 aliphatic carbocycles. The van der Waals surface area contributed by atoms with Crippen LogP contribution >= 0.6 is 50.3 Å². The number of benzene rings is 3. The van der Waals surface area contributed by atoms with Gasteiger partial charge in [0.25, 0.3) is 5.91 Å². The first-order valence-corrected chi connectivity index (χ1v) is 15.4. The highest BCUT2D eigenvalue weighted by Gasteiger charge is 2.34. The van der Waals surface area contributed by atoms with Crippen LogP contribution in [0.5, 0.6) is 11.5 Å². The van der Waals surface area contributed by atoms with Crippen LogP contribution in [0.15, 0.2) is 86.4 Å². The van der Waals surface area contributed by atoms with Crippen LogP contribution in [0.3, 0.4) is 0 Å². The summed E-state index contributed by atoms with van der Waals surface area (Å²) in [6.07, 6.45) is 1.71. The van der Waals surface area contributed by atoms with Crippen molar-refractivity contribution in [1.29, 1.82) is 0 Å². The number of ether oxygens (including phenoxy) is 3. The van der Waals surface area contributed by atoms with E-state index in [2.05, 4.69) is 43.5 Å². The van der Waals surface area contributed by atoms with Crippen molar-refractivity contribution in [1.82, 2.24) is 0 Å². The number of halogens is 2. The second-order valence-corrected chi connectivity index (χ2v) is 11.9. The molecule has 0 radical (unpaired) electrons. The van der Waals surface area contributed by atoms with Crippen molar-refractivity contribution in [3.8, 4) is 11.5 Å². The van der Waals surface area contributed by atoms with Gasteiger partial charge in [0.05, 0.1) is 21.7 Å². The number of rotatable bonds is 9. The summed E-state index contributed by atoms with van der Waals surface area (Å²) in [5, 5.41) is 11.2. The molecule has 0 atom stereocenters. The maximum absolute atomic E-state index is 13.0. The Bertz CT molecular complexity index is 1570. The van der Waals surface area contributed by atoms with E-state index in [0.29, 0.717) is 40.7 Å².